The number of nitrogens with one attached hydrogen (secondary N) is 1. The van der Waals surface area contributed by atoms with Crippen LogP contribution in [0.15, 0.2) is 48.5 Å². The third-order valence-corrected chi connectivity index (χ3v) is 3.44. The Hall–Kier alpha value is -2.00. The molecule has 0 aliphatic carbocycles. The fourth-order valence-electron chi connectivity index (χ4n) is 2.09. The Labute approximate surface area is 130 Å². The maximum Gasteiger partial charge on any atom is 0.253 e. The highest BCUT2D eigenvalue weighted by molar-refractivity contribution is 6.30. The van der Waals surface area contributed by atoms with Gasteiger partial charge in [-0.3, -0.25) is 4.79 Å². The van der Waals surface area contributed by atoms with E-state index in [1.54, 1.807) is 11.9 Å². The van der Waals surface area contributed by atoms with Crippen LogP contribution in [0.25, 0.3) is 0 Å². The van der Waals surface area contributed by atoms with Crippen molar-refractivity contribution in [3.05, 3.63) is 64.7 Å². The molecular formula is C17H19ClN2O. The number of hydrogen-bond donors (Lipinski definition) is 1. The Kier molecular flexibility index (Phi) is 5.23. The molecule has 1 amide bonds. The Bertz CT molecular complexity index is 593. The summed E-state index contributed by atoms with van der Waals surface area (Å²) in [7, 11) is 1.80. The Morgan fingerprint density at radius 2 is 1.71 bits per heavy atom. The monoisotopic (exact) mass is 302 g/mol. The van der Waals surface area contributed by atoms with E-state index < -0.39 is 0 Å². The van der Waals surface area contributed by atoms with Crippen molar-refractivity contribution in [1.82, 2.24) is 4.90 Å². The molecule has 0 atom stereocenters. The maximum absolute atomic E-state index is 12.4. The number of carbonyl (C=O) groups excluding carboxylic acids is 1. The van der Waals surface area contributed by atoms with Crippen LogP contribution in [0.1, 0.15) is 22.8 Å². The van der Waals surface area contributed by atoms with E-state index in [-0.39, 0.29) is 5.91 Å². The molecule has 0 radical (unpaired) electrons. The van der Waals surface area contributed by atoms with Gasteiger partial charge < -0.3 is 10.2 Å². The second kappa shape index (κ2) is 7.14. The second-order valence-corrected chi connectivity index (χ2v) is 5.33. The van der Waals surface area contributed by atoms with E-state index in [4.69, 9.17) is 11.6 Å². The van der Waals surface area contributed by atoms with E-state index in [1.165, 1.54) is 0 Å². The van der Waals surface area contributed by atoms with Crippen molar-refractivity contribution in [3.63, 3.8) is 0 Å². The molecule has 2 aromatic rings. The fourth-order valence-corrected chi connectivity index (χ4v) is 2.22. The van der Waals surface area contributed by atoms with Crippen molar-refractivity contribution in [2.45, 2.75) is 13.5 Å². The highest BCUT2D eigenvalue weighted by atomic mass is 35.5. The first-order valence-electron chi connectivity index (χ1n) is 6.94. The minimum atomic E-state index is 0.00741. The van der Waals surface area contributed by atoms with Crippen LogP contribution >= 0.6 is 11.6 Å². The molecule has 0 saturated carbocycles. The van der Waals surface area contributed by atoms with Gasteiger partial charge in [-0.25, -0.2) is 0 Å². The summed E-state index contributed by atoms with van der Waals surface area (Å²) >= 11 is 5.86. The zero-order valence-electron chi connectivity index (χ0n) is 12.3. The highest BCUT2D eigenvalue weighted by Crippen LogP contribution is 2.14. The van der Waals surface area contributed by atoms with E-state index in [0.717, 1.165) is 17.8 Å². The van der Waals surface area contributed by atoms with Crippen molar-refractivity contribution in [2.24, 2.45) is 0 Å². The third-order valence-electron chi connectivity index (χ3n) is 3.19. The zero-order valence-corrected chi connectivity index (χ0v) is 13.0. The molecule has 0 unspecified atom stereocenters. The van der Waals surface area contributed by atoms with Gasteiger partial charge in [-0.1, -0.05) is 23.7 Å². The van der Waals surface area contributed by atoms with E-state index in [9.17, 15) is 4.79 Å². The molecule has 0 bridgehead atoms. The van der Waals surface area contributed by atoms with Gasteiger partial charge in [-0.15, -0.1) is 0 Å². The molecule has 0 fully saturated rings. The molecule has 0 spiro atoms. The first-order valence-corrected chi connectivity index (χ1v) is 7.32. The first kappa shape index (κ1) is 15.4. The fraction of sp³-hybridized carbons (Fsp3) is 0.235. The van der Waals surface area contributed by atoms with Gasteiger partial charge in [0.05, 0.1) is 0 Å². The maximum atomic E-state index is 12.4. The number of benzene rings is 2. The van der Waals surface area contributed by atoms with Gasteiger partial charge >= 0.3 is 0 Å². The average molecular weight is 303 g/mol. The van der Waals surface area contributed by atoms with Crippen LogP contribution in [0.2, 0.25) is 5.02 Å². The molecule has 3 nitrogen and oxygen atoms in total. The van der Waals surface area contributed by atoms with Crippen LogP contribution in [0, 0.1) is 0 Å². The molecule has 1 N–H and O–H groups in total. The van der Waals surface area contributed by atoms with Crippen LogP contribution in [-0.4, -0.2) is 24.4 Å². The van der Waals surface area contributed by atoms with E-state index >= 15 is 0 Å². The predicted octanol–water partition coefficient (Wildman–Crippen LogP) is 4.04. The number of hydrogen-bond acceptors (Lipinski definition) is 2. The van der Waals surface area contributed by atoms with Crippen molar-refractivity contribution in [3.8, 4) is 0 Å². The van der Waals surface area contributed by atoms with Crippen LogP contribution in [-0.2, 0) is 6.54 Å². The highest BCUT2D eigenvalue weighted by Gasteiger charge is 2.11. The van der Waals surface area contributed by atoms with E-state index in [2.05, 4.69) is 5.32 Å². The zero-order chi connectivity index (χ0) is 15.2. The second-order valence-electron chi connectivity index (χ2n) is 4.90. The lowest BCUT2D eigenvalue weighted by Crippen LogP contribution is -2.26. The number of carbonyl (C=O) groups is 1. The smallest absolute Gasteiger partial charge is 0.253 e. The Morgan fingerprint density at radius 1 is 1.10 bits per heavy atom. The van der Waals surface area contributed by atoms with Crippen LogP contribution < -0.4 is 5.32 Å². The average Bonchev–Trinajstić information content (AvgIpc) is 2.50. The minimum absolute atomic E-state index is 0.00741. The SMILES string of the molecule is CCNc1ccc(C(=O)N(C)Cc2ccc(Cl)cc2)cc1. The summed E-state index contributed by atoms with van der Waals surface area (Å²) in [4.78, 5) is 14.1. The van der Waals surface area contributed by atoms with E-state index in [0.29, 0.717) is 17.1 Å². The molecule has 110 valence electrons. The van der Waals surface area contributed by atoms with Gasteiger partial charge in [0.1, 0.15) is 0 Å². The first-order chi connectivity index (χ1) is 10.1. The number of nitrogens with zero attached hydrogens (tertiary/aromatic N) is 1. The van der Waals surface area contributed by atoms with Crippen LogP contribution in [0.3, 0.4) is 0 Å². The van der Waals surface area contributed by atoms with Crippen molar-refractivity contribution < 1.29 is 4.79 Å². The molecule has 2 rings (SSSR count). The molecule has 4 heteroatoms. The Morgan fingerprint density at radius 3 is 2.29 bits per heavy atom. The molecule has 0 saturated heterocycles. The van der Waals surface area contributed by atoms with Gasteiger partial charge in [0.15, 0.2) is 0 Å². The number of amides is 1. The summed E-state index contributed by atoms with van der Waals surface area (Å²) in [5.41, 5.74) is 2.77. The molecule has 0 heterocycles. The molecule has 21 heavy (non-hydrogen) atoms. The summed E-state index contributed by atoms with van der Waals surface area (Å²) in [6.07, 6.45) is 0. The number of rotatable bonds is 5. The molecule has 0 aliphatic heterocycles. The number of halogens is 1. The van der Waals surface area contributed by atoms with Crippen LogP contribution in [0.5, 0.6) is 0 Å². The topological polar surface area (TPSA) is 32.3 Å². The van der Waals surface area contributed by atoms with Gasteiger partial charge in [0, 0.05) is 36.4 Å². The minimum Gasteiger partial charge on any atom is -0.385 e. The summed E-state index contributed by atoms with van der Waals surface area (Å²) in [5, 5.41) is 3.91. The number of anilines is 1. The normalized spacial score (nSPS) is 10.2. The van der Waals surface area contributed by atoms with E-state index in [1.807, 2.05) is 55.5 Å². The summed E-state index contributed by atoms with van der Waals surface area (Å²) in [5.74, 6) is 0.00741. The predicted molar refractivity (Wildman–Crippen MR) is 87.9 cm³/mol. The standard InChI is InChI=1S/C17H19ClN2O/c1-3-19-16-10-6-14(7-11-16)17(21)20(2)12-13-4-8-15(18)9-5-13/h4-11,19H,3,12H2,1-2H3. The van der Waals surface area contributed by atoms with Gasteiger partial charge in [0.25, 0.3) is 5.91 Å². The third kappa shape index (κ3) is 4.23. The molecule has 0 aliphatic rings. The Balaban J connectivity index is 2.02. The van der Waals surface area contributed by atoms with Gasteiger partial charge in [0.2, 0.25) is 0 Å². The van der Waals surface area contributed by atoms with Gasteiger partial charge in [-0.05, 0) is 48.9 Å². The molecule has 2 aromatic carbocycles. The summed E-state index contributed by atoms with van der Waals surface area (Å²) < 4.78 is 0. The summed E-state index contributed by atoms with van der Waals surface area (Å²) in [6.45, 7) is 3.47. The quantitative estimate of drug-likeness (QED) is 0.904. The lowest BCUT2D eigenvalue weighted by atomic mass is 10.1. The lowest BCUT2D eigenvalue weighted by Gasteiger charge is -2.17. The van der Waals surface area contributed by atoms with Gasteiger partial charge in [-0.2, -0.15) is 0 Å². The molecule has 0 aromatic heterocycles. The lowest BCUT2D eigenvalue weighted by molar-refractivity contribution is 0.0785. The van der Waals surface area contributed by atoms with Crippen molar-refractivity contribution in [2.75, 3.05) is 18.9 Å². The molecular weight excluding hydrogens is 284 g/mol. The van der Waals surface area contributed by atoms with Crippen molar-refractivity contribution in [1.29, 1.82) is 0 Å². The van der Waals surface area contributed by atoms with Crippen LogP contribution in [0.4, 0.5) is 5.69 Å². The summed E-state index contributed by atoms with van der Waals surface area (Å²) in [6, 6.07) is 15.1. The van der Waals surface area contributed by atoms with Crippen molar-refractivity contribution >= 4 is 23.2 Å². The largest absolute Gasteiger partial charge is 0.385 e.